The smallest absolute Gasteiger partial charge is 0.251 e. The third-order valence-electron chi connectivity index (χ3n) is 4.22. The zero-order valence-electron chi connectivity index (χ0n) is 12.2. The van der Waals surface area contributed by atoms with Gasteiger partial charge in [-0.3, -0.25) is 4.79 Å². The molecule has 1 aliphatic carbocycles. The number of hydrogen-bond donors (Lipinski definition) is 2. The minimum atomic E-state index is 0.0594. The van der Waals surface area contributed by atoms with Gasteiger partial charge in [0.1, 0.15) is 0 Å². The molecule has 2 N–H and O–H groups in total. The van der Waals surface area contributed by atoms with Crippen LogP contribution >= 0.6 is 0 Å². The van der Waals surface area contributed by atoms with Gasteiger partial charge in [0.15, 0.2) is 0 Å². The van der Waals surface area contributed by atoms with Crippen LogP contribution in [0.15, 0.2) is 18.2 Å². The fourth-order valence-corrected chi connectivity index (χ4v) is 2.71. The molecule has 1 fully saturated rings. The molecule has 0 heterocycles. The van der Waals surface area contributed by atoms with Crippen LogP contribution in [0.5, 0.6) is 0 Å². The first-order chi connectivity index (χ1) is 9.10. The summed E-state index contributed by atoms with van der Waals surface area (Å²) in [5.41, 5.74) is 2.96. The van der Waals surface area contributed by atoms with Crippen molar-refractivity contribution in [2.45, 2.75) is 52.0 Å². The Hall–Kier alpha value is -1.51. The lowest BCUT2D eigenvalue weighted by molar-refractivity contribution is 0.0820. The molecule has 0 aliphatic heterocycles. The van der Waals surface area contributed by atoms with Gasteiger partial charge >= 0.3 is 0 Å². The predicted molar refractivity (Wildman–Crippen MR) is 79.7 cm³/mol. The minimum absolute atomic E-state index is 0.0594. The van der Waals surface area contributed by atoms with Crippen LogP contribution in [0.3, 0.4) is 0 Å². The topological polar surface area (TPSA) is 41.1 Å². The van der Waals surface area contributed by atoms with E-state index in [1.165, 1.54) is 6.42 Å². The summed E-state index contributed by atoms with van der Waals surface area (Å²) >= 11 is 0. The Kier molecular flexibility index (Phi) is 4.13. The Bertz CT molecular complexity index is 458. The maximum absolute atomic E-state index is 12.4. The molecule has 1 saturated carbocycles. The molecule has 1 aromatic carbocycles. The van der Waals surface area contributed by atoms with Gasteiger partial charge < -0.3 is 10.6 Å². The van der Waals surface area contributed by atoms with E-state index in [2.05, 4.69) is 24.5 Å². The Balaban J connectivity index is 2.10. The molecule has 0 radical (unpaired) electrons. The summed E-state index contributed by atoms with van der Waals surface area (Å²) in [7, 11) is 0. The van der Waals surface area contributed by atoms with Crippen LogP contribution in [0.4, 0.5) is 5.69 Å². The van der Waals surface area contributed by atoms with Gasteiger partial charge in [-0.2, -0.15) is 0 Å². The molecule has 0 aromatic heterocycles. The standard InChI is InChI=1S/C16H24N2O/c1-4-16(9-6-10-16)18-15(19)14-8-7-13(17-5-2)11-12(14)3/h7-8,11,17H,4-6,9-10H2,1-3H3,(H,18,19). The van der Waals surface area contributed by atoms with Crippen LogP contribution < -0.4 is 10.6 Å². The Labute approximate surface area is 115 Å². The van der Waals surface area contributed by atoms with Gasteiger partial charge in [-0.05, 0) is 63.3 Å². The Morgan fingerprint density at radius 2 is 2.05 bits per heavy atom. The van der Waals surface area contributed by atoms with Crippen LogP contribution in [-0.4, -0.2) is 18.0 Å². The highest BCUT2D eigenvalue weighted by molar-refractivity contribution is 5.96. The average Bonchev–Trinajstić information content (AvgIpc) is 2.34. The van der Waals surface area contributed by atoms with Crippen molar-refractivity contribution in [3.63, 3.8) is 0 Å². The maximum atomic E-state index is 12.4. The highest BCUT2D eigenvalue weighted by Crippen LogP contribution is 2.35. The van der Waals surface area contributed by atoms with Crippen LogP contribution in [-0.2, 0) is 0 Å². The van der Waals surface area contributed by atoms with Crippen molar-refractivity contribution in [1.29, 1.82) is 0 Å². The summed E-state index contributed by atoms with van der Waals surface area (Å²) in [6.45, 7) is 7.11. The number of nitrogens with one attached hydrogen (secondary N) is 2. The van der Waals surface area contributed by atoms with Gasteiger partial charge in [-0.1, -0.05) is 6.92 Å². The van der Waals surface area contributed by atoms with Crippen LogP contribution in [0.25, 0.3) is 0 Å². The molecule has 0 unspecified atom stereocenters. The average molecular weight is 260 g/mol. The van der Waals surface area contributed by atoms with E-state index in [1.54, 1.807) is 0 Å². The first kappa shape index (κ1) is 13.9. The van der Waals surface area contributed by atoms with Crippen molar-refractivity contribution in [3.8, 4) is 0 Å². The molecule has 0 bridgehead atoms. The normalized spacial score (nSPS) is 16.6. The summed E-state index contributed by atoms with van der Waals surface area (Å²) in [5.74, 6) is 0.0714. The molecule has 0 atom stereocenters. The number of amides is 1. The van der Waals surface area contributed by atoms with Crippen molar-refractivity contribution in [2.24, 2.45) is 0 Å². The van der Waals surface area contributed by atoms with Crippen molar-refractivity contribution < 1.29 is 4.79 Å². The number of hydrogen-bond acceptors (Lipinski definition) is 2. The molecule has 0 saturated heterocycles. The lowest BCUT2D eigenvalue weighted by atomic mass is 9.74. The van der Waals surface area contributed by atoms with Crippen molar-refractivity contribution >= 4 is 11.6 Å². The van der Waals surface area contributed by atoms with Crippen molar-refractivity contribution in [1.82, 2.24) is 5.32 Å². The fourth-order valence-electron chi connectivity index (χ4n) is 2.71. The molecular weight excluding hydrogens is 236 g/mol. The molecule has 3 heteroatoms. The second kappa shape index (κ2) is 5.64. The van der Waals surface area contributed by atoms with E-state index >= 15 is 0 Å². The summed E-state index contributed by atoms with van der Waals surface area (Å²) in [5, 5.41) is 6.49. The van der Waals surface area contributed by atoms with Crippen LogP contribution in [0.2, 0.25) is 0 Å². The van der Waals surface area contributed by atoms with E-state index in [0.29, 0.717) is 0 Å². The van der Waals surface area contributed by atoms with Gasteiger partial charge in [0, 0.05) is 23.3 Å². The summed E-state index contributed by atoms with van der Waals surface area (Å²) in [6.07, 6.45) is 4.48. The first-order valence-corrected chi connectivity index (χ1v) is 7.27. The zero-order chi connectivity index (χ0) is 13.9. The van der Waals surface area contributed by atoms with E-state index in [0.717, 1.165) is 42.6 Å². The van der Waals surface area contributed by atoms with Crippen molar-refractivity contribution in [2.75, 3.05) is 11.9 Å². The molecule has 2 rings (SSSR count). The zero-order valence-corrected chi connectivity index (χ0v) is 12.2. The third kappa shape index (κ3) is 2.91. The number of rotatable bonds is 5. The first-order valence-electron chi connectivity index (χ1n) is 7.27. The molecular formula is C16H24N2O. The van der Waals surface area contributed by atoms with E-state index in [4.69, 9.17) is 0 Å². The second-order valence-electron chi connectivity index (χ2n) is 5.50. The summed E-state index contributed by atoms with van der Waals surface area (Å²) in [6, 6.07) is 5.94. The van der Waals surface area contributed by atoms with E-state index < -0.39 is 0 Å². The minimum Gasteiger partial charge on any atom is -0.385 e. The Morgan fingerprint density at radius 1 is 1.32 bits per heavy atom. The number of aryl methyl sites for hydroxylation is 1. The third-order valence-corrected chi connectivity index (χ3v) is 4.22. The van der Waals surface area contributed by atoms with Crippen LogP contribution in [0.1, 0.15) is 55.5 Å². The van der Waals surface area contributed by atoms with Gasteiger partial charge in [0.05, 0.1) is 0 Å². The van der Waals surface area contributed by atoms with Crippen LogP contribution in [0, 0.1) is 6.92 Å². The van der Waals surface area contributed by atoms with Gasteiger partial charge in [0.25, 0.3) is 5.91 Å². The molecule has 0 spiro atoms. The lowest BCUT2D eigenvalue weighted by Gasteiger charge is -2.42. The highest BCUT2D eigenvalue weighted by Gasteiger charge is 2.36. The summed E-state index contributed by atoms with van der Waals surface area (Å²) in [4.78, 5) is 12.4. The number of carbonyl (C=O) groups is 1. The number of anilines is 1. The molecule has 1 aliphatic rings. The number of carbonyl (C=O) groups excluding carboxylic acids is 1. The number of benzene rings is 1. The van der Waals surface area contributed by atoms with Crippen molar-refractivity contribution in [3.05, 3.63) is 29.3 Å². The van der Waals surface area contributed by atoms with Gasteiger partial charge in [-0.25, -0.2) is 0 Å². The SMILES string of the molecule is CCNc1ccc(C(=O)NC2(CC)CCC2)c(C)c1. The fraction of sp³-hybridized carbons (Fsp3) is 0.562. The monoisotopic (exact) mass is 260 g/mol. The summed E-state index contributed by atoms with van der Waals surface area (Å²) < 4.78 is 0. The molecule has 19 heavy (non-hydrogen) atoms. The van der Waals surface area contributed by atoms with E-state index in [9.17, 15) is 4.79 Å². The Morgan fingerprint density at radius 3 is 2.53 bits per heavy atom. The predicted octanol–water partition coefficient (Wildman–Crippen LogP) is 3.49. The molecule has 3 nitrogen and oxygen atoms in total. The second-order valence-corrected chi connectivity index (χ2v) is 5.50. The lowest BCUT2D eigenvalue weighted by Crippen LogP contribution is -2.53. The maximum Gasteiger partial charge on any atom is 0.251 e. The highest BCUT2D eigenvalue weighted by atomic mass is 16.1. The van der Waals surface area contributed by atoms with Gasteiger partial charge in [-0.15, -0.1) is 0 Å². The van der Waals surface area contributed by atoms with Gasteiger partial charge in [0.2, 0.25) is 0 Å². The quantitative estimate of drug-likeness (QED) is 0.851. The largest absolute Gasteiger partial charge is 0.385 e. The molecule has 1 amide bonds. The molecule has 1 aromatic rings. The molecule has 104 valence electrons. The van der Waals surface area contributed by atoms with E-state index in [-0.39, 0.29) is 11.4 Å². The van der Waals surface area contributed by atoms with E-state index in [1.807, 2.05) is 25.1 Å².